The van der Waals surface area contributed by atoms with Crippen molar-refractivity contribution in [1.82, 2.24) is 19.7 Å². The van der Waals surface area contributed by atoms with Crippen molar-refractivity contribution < 1.29 is 5.11 Å². The second-order valence-corrected chi connectivity index (χ2v) is 8.93. The third-order valence-corrected chi connectivity index (χ3v) is 5.34. The number of anilines is 3. The predicted octanol–water partition coefficient (Wildman–Crippen LogP) is 5.31. The van der Waals surface area contributed by atoms with Crippen molar-refractivity contribution in [2.75, 3.05) is 17.2 Å². The number of fused-ring (bicyclic) bond motifs is 1. The Morgan fingerprint density at radius 2 is 1.83 bits per heavy atom. The van der Waals surface area contributed by atoms with Gasteiger partial charge in [0, 0.05) is 16.8 Å². The van der Waals surface area contributed by atoms with Gasteiger partial charge in [-0.25, -0.2) is 0 Å². The van der Waals surface area contributed by atoms with E-state index in [0.29, 0.717) is 22.5 Å². The van der Waals surface area contributed by atoms with Crippen LogP contribution in [0.3, 0.4) is 0 Å². The Balaban J connectivity index is 2.21. The van der Waals surface area contributed by atoms with E-state index in [4.69, 9.17) is 16.6 Å². The van der Waals surface area contributed by atoms with Crippen molar-refractivity contribution in [1.29, 1.82) is 0 Å². The van der Waals surface area contributed by atoms with Crippen LogP contribution in [0.5, 0.6) is 0 Å². The first-order valence-corrected chi connectivity index (χ1v) is 10.8. The highest BCUT2D eigenvalue weighted by Gasteiger charge is 2.29. The van der Waals surface area contributed by atoms with Gasteiger partial charge in [0.05, 0.1) is 24.0 Å². The largest absolute Gasteiger partial charge is 0.394 e. The number of aliphatic hydroxyl groups excluding tert-OH is 1. The molecule has 0 radical (unpaired) electrons. The first-order valence-electron chi connectivity index (χ1n) is 10.4. The number of hydrogen-bond donors (Lipinski definition) is 3. The minimum atomic E-state index is -0.127. The zero-order chi connectivity index (χ0) is 22.0. The summed E-state index contributed by atoms with van der Waals surface area (Å²) in [7, 11) is 0. The van der Waals surface area contributed by atoms with E-state index >= 15 is 0 Å². The Labute approximate surface area is 183 Å². The molecule has 0 aliphatic carbocycles. The molecule has 0 bridgehead atoms. The number of hydrogen-bond acceptors (Lipinski definition) is 6. The minimum absolute atomic E-state index is 0.0150. The highest BCUT2D eigenvalue weighted by atomic mass is 35.5. The molecular formula is C22H31ClN6O. The molecule has 30 heavy (non-hydrogen) atoms. The average molecular weight is 431 g/mol. The van der Waals surface area contributed by atoms with Crippen LogP contribution in [0.15, 0.2) is 24.3 Å². The Morgan fingerprint density at radius 3 is 2.40 bits per heavy atom. The molecule has 3 rings (SSSR count). The first kappa shape index (κ1) is 22.3. The van der Waals surface area contributed by atoms with Gasteiger partial charge >= 0.3 is 0 Å². The topological polar surface area (TPSA) is 87.9 Å². The van der Waals surface area contributed by atoms with E-state index in [1.54, 1.807) is 0 Å². The molecular weight excluding hydrogens is 400 g/mol. The summed E-state index contributed by atoms with van der Waals surface area (Å²) < 4.78 is 2.12. The van der Waals surface area contributed by atoms with Crippen LogP contribution in [0.25, 0.3) is 11.4 Å². The molecule has 7 nitrogen and oxygen atoms in total. The molecule has 2 heterocycles. The molecule has 8 heteroatoms. The van der Waals surface area contributed by atoms with Crippen LogP contribution < -0.4 is 10.6 Å². The Hall–Kier alpha value is -2.38. The lowest BCUT2D eigenvalue weighted by atomic mass is 10.0. The molecule has 1 unspecified atom stereocenters. The Bertz CT molecular complexity index is 968. The highest BCUT2D eigenvalue weighted by molar-refractivity contribution is 6.30. The molecule has 0 fully saturated rings. The lowest BCUT2D eigenvalue weighted by Gasteiger charge is -2.28. The predicted molar refractivity (Wildman–Crippen MR) is 123 cm³/mol. The smallest absolute Gasteiger partial charge is 0.205 e. The summed E-state index contributed by atoms with van der Waals surface area (Å²) in [5.74, 6) is 1.71. The summed E-state index contributed by atoms with van der Waals surface area (Å²) in [6.45, 7) is 12.6. The standard InChI is InChI=1S/C22H31ClN6O/c1-12(2)17(11-30)25-22-26-21(24-16-9-7-8-15(23)10-16)19-20(29(22)14(5)6)18(13(3)4)27-28-19/h7-10,12-14,17,24,30H,11H2,1-6H3,(H,25,26). The number of aromatic nitrogens is 4. The van der Waals surface area contributed by atoms with E-state index in [9.17, 15) is 5.11 Å². The fourth-order valence-electron chi connectivity index (χ4n) is 3.41. The van der Waals surface area contributed by atoms with Crippen LogP contribution in [0.2, 0.25) is 5.02 Å². The van der Waals surface area contributed by atoms with Crippen molar-refractivity contribution in [2.45, 2.75) is 59.5 Å². The number of nitrogens with zero attached hydrogens (tertiary/aromatic N) is 4. The van der Waals surface area contributed by atoms with Gasteiger partial charge in [-0.15, -0.1) is 5.10 Å². The molecule has 1 atom stereocenters. The summed E-state index contributed by atoms with van der Waals surface area (Å²) in [6, 6.07) is 7.48. The zero-order valence-electron chi connectivity index (χ0n) is 18.4. The average Bonchev–Trinajstić information content (AvgIpc) is 3.10. The number of aliphatic hydroxyl groups is 1. The highest BCUT2D eigenvalue weighted by Crippen LogP contribution is 2.38. The number of rotatable bonds is 8. The monoisotopic (exact) mass is 430 g/mol. The molecule has 1 aromatic rings. The normalized spacial score (nSPS) is 12.9. The fourth-order valence-corrected chi connectivity index (χ4v) is 3.60. The second kappa shape index (κ2) is 9.18. The zero-order valence-corrected chi connectivity index (χ0v) is 19.2. The lowest BCUT2D eigenvalue weighted by molar-refractivity contribution is 0.248. The van der Waals surface area contributed by atoms with E-state index < -0.39 is 0 Å². The molecule has 3 N–H and O–H groups in total. The van der Waals surface area contributed by atoms with Crippen LogP contribution in [0.1, 0.15) is 59.2 Å². The number of benzene rings is 1. The van der Waals surface area contributed by atoms with E-state index in [2.05, 4.69) is 66.9 Å². The molecule has 0 spiro atoms. The van der Waals surface area contributed by atoms with Crippen molar-refractivity contribution in [2.24, 2.45) is 5.92 Å². The molecule has 0 saturated heterocycles. The molecule has 162 valence electrons. The molecule has 0 saturated carbocycles. The van der Waals surface area contributed by atoms with E-state index in [-0.39, 0.29) is 30.5 Å². The van der Waals surface area contributed by atoms with Gasteiger partial charge in [-0.2, -0.15) is 10.1 Å². The van der Waals surface area contributed by atoms with Gasteiger partial charge in [0.2, 0.25) is 5.95 Å². The van der Waals surface area contributed by atoms with Crippen molar-refractivity contribution in [3.63, 3.8) is 0 Å². The summed E-state index contributed by atoms with van der Waals surface area (Å²) in [5.41, 5.74) is 3.40. The lowest BCUT2D eigenvalue weighted by Crippen LogP contribution is -2.32. The molecule has 2 aliphatic heterocycles. The van der Waals surface area contributed by atoms with Gasteiger partial charge in [-0.05, 0) is 43.9 Å². The van der Waals surface area contributed by atoms with E-state index in [1.807, 2.05) is 24.3 Å². The molecule has 2 aliphatic rings. The van der Waals surface area contributed by atoms with Crippen LogP contribution in [-0.2, 0) is 0 Å². The summed E-state index contributed by atoms with van der Waals surface area (Å²) in [4.78, 5) is 4.87. The van der Waals surface area contributed by atoms with Gasteiger partial charge < -0.3 is 20.3 Å². The Kier molecular flexibility index (Phi) is 6.83. The molecule has 0 amide bonds. The van der Waals surface area contributed by atoms with Crippen LogP contribution in [-0.4, -0.2) is 37.5 Å². The SMILES string of the molecule is CC(C)c1nnc2c(Nc3cccc(Cl)c3)nc(NC(CO)C(C)C)n(C(C)C)c1-2. The Morgan fingerprint density at radius 1 is 1.10 bits per heavy atom. The fraction of sp³-hybridized carbons (Fsp3) is 0.500. The van der Waals surface area contributed by atoms with E-state index in [1.165, 1.54) is 0 Å². The van der Waals surface area contributed by atoms with Crippen LogP contribution >= 0.6 is 11.6 Å². The summed E-state index contributed by atoms with van der Waals surface area (Å²) in [6.07, 6.45) is 0. The second-order valence-electron chi connectivity index (χ2n) is 8.50. The number of halogens is 1. The van der Waals surface area contributed by atoms with Gasteiger partial charge in [-0.3, -0.25) is 0 Å². The van der Waals surface area contributed by atoms with Gasteiger partial charge in [0.15, 0.2) is 11.5 Å². The summed E-state index contributed by atoms with van der Waals surface area (Å²) >= 11 is 6.16. The first-order chi connectivity index (χ1) is 14.2. The molecule has 1 aromatic carbocycles. The van der Waals surface area contributed by atoms with Crippen molar-refractivity contribution >= 4 is 29.1 Å². The maximum absolute atomic E-state index is 9.88. The van der Waals surface area contributed by atoms with Crippen molar-refractivity contribution in [3.05, 3.63) is 35.0 Å². The third-order valence-electron chi connectivity index (χ3n) is 5.10. The maximum Gasteiger partial charge on any atom is 0.205 e. The quantitative estimate of drug-likeness (QED) is 0.449. The van der Waals surface area contributed by atoms with Gasteiger partial charge in [0.1, 0.15) is 0 Å². The minimum Gasteiger partial charge on any atom is -0.394 e. The van der Waals surface area contributed by atoms with Crippen LogP contribution in [0.4, 0.5) is 17.5 Å². The van der Waals surface area contributed by atoms with Crippen LogP contribution in [0, 0.1) is 5.92 Å². The van der Waals surface area contributed by atoms with Gasteiger partial charge in [-0.1, -0.05) is 45.4 Å². The van der Waals surface area contributed by atoms with E-state index in [0.717, 1.165) is 17.1 Å². The number of nitrogens with one attached hydrogen (secondary N) is 2. The maximum atomic E-state index is 9.88. The summed E-state index contributed by atoms with van der Waals surface area (Å²) in [5, 5.41) is 26.3. The molecule has 0 aromatic heterocycles. The third kappa shape index (κ3) is 4.52. The van der Waals surface area contributed by atoms with Gasteiger partial charge in [0.25, 0.3) is 0 Å². The van der Waals surface area contributed by atoms with Crippen molar-refractivity contribution in [3.8, 4) is 11.4 Å².